The molecular weight excluding hydrogens is 190 g/mol. The fraction of sp³-hybridized carbons (Fsp3) is 0.500. The monoisotopic (exact) mass is 207 g/mol. The highest BCUT2D eigenvalue weighted by Crippen LogP contribution is 2.12. The van der Waals surface area contributed by atoms with Crippen molar-refractivity contribution in [3.05, 3.63) is 24.0 Å². The van der Waals surface area contributed by atoms with Crippen LogP contribution in [0.5, 0.6) is 5.75 Å². The molecule has 0 aliphatic rings. The van der Waals surface area contributed by atoms with Crippen molar-refractivity contribution < 1.29 is 9.53 Å². The van der Waals surface area contributed by atoms with Gasteiger partial charge < -0.3 is 4.74 Å². The molecule has 0 aromatic carbocycles. The van der Waals surface area contributed by atoms with Gasteiger partial charge in [-0.1, -0.05) is 13.8 Å². The van der Waals surface area contributed by atoms with Crippen LogP contribution in [0.1, 0.15) is 26.5 Å². The van der Waals surface area contributed by atoms with Gasteiger partial charge in [-0.05, 0) is 18.9 Å². The second-order valence-electron chi connectivity index (χ2n) is 4.07. The molecule has 0 atom stereocenters. The zero-order chi connectivity index (χ0) is 11.3. The molecule has 0 radical (unpaired) electrons. The fourth-order valence-corrected chi connectivity index (χ4v) is 1.16. The first-order chi connectivity index (χ1) is 7.08. The molecule has 0 aliphatic carbocycles. The molecule has 0 saturated heterocycles. The Morgan fingerprint density at radius 1 is 1.53 bits per heavy atom. The van der Waals surface area contributed by atoms with E-state index in [1.807, 2.05) is 12.1 Å². The lowest BCUT2D eigenvalue weighted by molar-refractivity contribution is -0.116. The summed E-state index contributed by atoms with van der Waals surface area (Å²) in [5.41, 5.74) is 0.767. The molecule has 3 heteroatoms. The van der Waals surface area contributed by atoms with Gasteiger partial charge in [-0.2, -0.15) is 0 Å². The number of Topliss-reactive ketones (excluding diaryl/α,β-unsaturated/α-hetero) is 1. The molecule has 3 nitrogen and oxygen atoms in total. The van der Waals surface area contributed by atoms with Crippen molar-refractivity contribution in [3.8, 4) is 5.75 Å². The summed E-state index contributed by atoms with van der Waals surface area (Å²) >= 11 is 0. The Bertz CT molecular complexity index is 334. The smallest absolute Gasteiger partial charge is 0.135 e. The largest absolute Gasteiger partial charge is 0.493 e. The molecule has 0 fully saturated rings. The van der Waals surface area contributed by atoms with Crippen LogP contribution in [0, 0.1) is 5.92 Å². The SMILES string of the molecule is CC(=O)Cc1cc(OCC(C)C)ccn1. The van der Waals surface area contributed by atoms with Gasteiger partial charge in [0.05, 0.1) is 12.3 Å². The Kier molecular flexibility index (Phi) is 4.28. The average molecular weight is 207 g/mol. The number of hydrogen-bond acceptors (Lipinski definition) is 3. The van der Waals surface area contributed by atoms with Crippen molar-refractivity contribution in [1.82, 2.24) is 4.98 Å². The van der Waals surface area contributed by atoms with Crippen LogP contribution in [0.3, 0.4) is 0 Å². The van der Waals surface area contributed by atoms with E-state index >= 15 is 0 Å². The van der Waals surface area contributed by atoms with Crippen LogP contribution in [0.2, 0.25) is 0 Å². The van der Waals surface area contributed by atoms with Crippen molar-refractivity contribution in [1.29, 1.82) is 0 Å². The second kappa shape index (κ2) is 5.49. The molecule has 1 aromatic rings. The maximum atomic E-state index is 10.9. The third-order valence-corrected chi connectivity index (χ3v) is 1.80. The highest BCUT2D eigenvalue weighted by Gasteiger charge is 2.02. The van der Waals surface area contributed by atoms with E-state index in [9.17, 15) is 4.79 Å². The third kappa shape index (κ3) is 4.58. The highest BCUT2D eigenvalue weighted by molar-refractivity contribution is 5.77. The number of ether oxygens (including phenoxy) is 1. The van der Waals surface area contributed by atoms with E-state index in [4.69, 9.17) is 4.74 Å². The molecule has 15 heavy (non-hydrogen) atoms. The molecular formula is C12H17NO2. The Hall–Kier alpha value is -1.38. The van der Waals surface area contributed by atoms with Crippen molar-refractivity contribution in [2.45, 2.75) is 27.2 Å². The summed E-state index contributed by atoms with van der Waals surface area (Å²) in [7, 11) is 0. The van der Waals surface area contributed by atoms with E-state index in [1.165, 1.54) is 0 Å². The summed E-state index contributed by atoms with van der Waals surface area (Å²) in [6, 6.07) is 3.63. The molecule has 0 bridgehead atoms. The van der Waals surface area contributed by atoms with Crippen LogP contribution in [-0.4, -0.2) is 17.4 Å². The van der Waals surface area contributed by atoms with Gasteiger partial charge in [-0.25, -0.2) is 0 Å². The van der Waals surface area contributed by atoms with E-state index < -0.39 is 0 Å². The second-order valence-corrected chi connectivity index (χ2v) is 4.07. The summed E-state index contributed by atoms with van der Waals surface area (Å²) < 4.78 is 5.54. The third-order valence-electron chi connectivity index (χ3n) is 1.80. The van der Waals surface area contributed by atoms with Crippen LogP contribution >= 0.6 is 0 Å². The summed E-state index contributed by atoms with van der Waals surface area (Å²) in [6.45, 7) is 6.43. The van der Waals surface area contributed by atoms with Gasteiger partial charge in [0.2, 0.25) is 0 Å². The highest BCUT2D eigenvalue weighted by atomic mass is 16.5. The molecule has 0 amide bonds. The van der Waals surface area contributed by atoms with Gasteiger partial charge in [0, 0.05) is 18.7 Å². The topological polar surface area (TPSA) is 39.2 Å². The van der Waals surface area contributed by atoms with Crippen molar-refractivity contribution in [2.75, 3.05) is 6.61 Å². The molecule has 82 valence electrons. The van der Waals surface area contributed by atoms with E-state index in [0.29, 0.717) is 18.9 Å². The van der Waals surface area contributed by atoms with E-state index in [2.05, 4.69) is 18.8 Å². The van der Waals surface area contributed by atoms with Gasteiger partial charge in [-0.3, -0.25) is 9.78 Å². The molecule has 0 unspecified atom stereocenters. The first-order valence-electron chi connectivity index (χ1n) is 5.15. The number of ketones is 1. The lowest BCUT2D eigenvalue weighted by Gasteiger charge is -2.08. The Morgan fingerprint density at radius 2 is 2.27 bits per heavy atom. The summed E-state index contributed by atoms with van der Waals surface area (Å²) in [5.74, 6) is 1.40. The number of pyridine rings is 1. The maximum Gasteiger partial charge on any atom is 0.135 e. The quantitative estimate of drug-likeness (QED) is 0.743. The molecule has 0 aliphatic heterocycles. The first kappa shape index (κ1) is 11.7. The van der Waals surface area contributed by atoms with Gasteiger partial charge in [0.25, 0.3) is 0 Å². The Morgan fingerprint density at radius 3 is 2.87 bits per heavy atom. The Balaban J connectivity index is 2.61. The van der Waals surface area contributed by atoms with Gasteiger partial charge >= 0.3 is 0 Å². The number of hydrogen-bond donors (Lipinski definition) is 0. The van der Waals surface area contributed by atoms with Crippen molar-refractivity contribution in [2.24, 2.45) is 5.92 Å². The van der Waals surface area contributed by atoms with E-state index in [0.717, 1.165) is 11.4 Å². The van der Waals surface area contributed by atoms with Crippen LogP contribution in [-0.2, 0) is 11.2 Å². The van der Waals surface area contributed by atoms with Gasteiger partial charge in [0.15, 0.2) is 0 Å². The molecule has 0 spiro atoms. The predicted octanol–water partition coefficient (Wildman–Crippen LogP) is 2.25. The van der Waals surface area contributed by atoms with Gasteiger partial charge in [-0.15, -0.1) is 0 Å². The van der Waals surface area contributed by atoms with Gasteiger partial charge in [0.1, 0.15) is 11.5 Å². The van der Waals surface area contributed by atoms with Crippen LogP contribution in [0.4, 0.5) is 0 Å². The summed E-state index contributed by atoms with van der Waals surface area (Å²) in [4.78, 5) is 15.0. The minimum atomic E-state index is 0.114. The molecule has 1 heterocycles. The fourth-order valence-electron chi connectivity index (χ4n) is 1.16. The lowest BCUT2D eigenvalue weighted by atomic mass is 10.2. The molecule has 0 saturated carbocycles. The summed E-state index contributed by atoms with van der Waals surface area (Å²) in [6.07, 6.45) is 2.05. The minimum Gasteiger partial charge on any atom is -0.493 e. The Labute approximate surface area is 90.5 Å². The summed E-state index contributed by atoms with van der Waals surface area (Å²) in [5, 5.41) is 0. The van der Waals surface area contributed by atoms with Crippen molar-refractivity contribution in [3.63, 3.8) is 0 Å². The number of nitrogens with zero attached hydrogens (tertiary/aromatic N) is 1. The molecule has 1 aromatic heterocycles. The van der Waals surface area contributed by atoms with E-state index in [-0.39, 0.29) is 5.78 Å². The predicted molar refractivity (Wildman–Crippen MR) is 59.0 cm³/mol. The minimum absolute atomic E-state index is 0.114. The molecule has 0 N–H and O–H groups in total. The van der Waals surface area contributed by atoms with Crippen LogP contribution < -0.4 is 4.74 Å². The number of rotatable bonds is 5. The number of carbonyl (C=O) groups is 1. The van der Waals surface area contributed by atoms with Crippen LogP contribution in [0.25, 0.3) is 0 Å². The number of aromatic nitrogens is 1. The maximum absolute atomic E-state index is 10.9. The first-order valence-corrected chi connectivity index (χ1v) is 5.15. The van der Waals surface area contributed by atoms with Crippen molar-refractivity contribution >= 4 is 5.78 Å². The average Bonchev–Trinajstić information content (AvgIpc) is 2.14. The molecule has 1 rings (SSSR count). The number of carbonyl (C=O) groups excluding carboxylic acids is 1. The standard InChI is InChI=1S/C12H17NO2/c1-9(2)8-15-12-4-5-13-11(7-12)6-10(3)14/h4-5,7,9H,6,8H2,1-3H3. The normalized spacial score (nSPS) is 10.4. The van der Waals surface area contributed by atoms with E-state index in [1.54, 1.807) is 13.1 Å². The van der Waals surface area contributed by atoms with Crippen LogP contribution in [0.15, 0.2) is 18.3 Å². The lowest BCUT2D eigenvalue weighted by Crippen LogP contribution is -2.05. The zero-order valence-corrected chi connectivity index (χ0v) is 9.49. The zero-order valence-electron chi connectivity index (χ0n) is 9.49.